The first-order valence-electron chi connectivity index (χ1n) is 3.18. The van der Waals surface area contributed by atoms with Crippen molar-refractivity contribution in [3.05, 3.63) is 27.1 Å². The summed E-state index contributed by atoms with van der Waals surface area (Å²) in [4.78, 5) is 10.9. The molecule has 13 heavy (non-hydrogen) atoms. The van der Waals surface area contributed by atoms with Crippen molar-refractivity contribution in [3.63, 3.8) is 0 Å². The lowest BCUT2D eigenvalue weighted by Gasteiger charge is -2.06. The Morgan fingerprint density at radius 1 is 1.54 bits per heavy atom. The first-order chi connectivity index (χ1) is 5.88. The maximum absolute atomic E-state index is 11.8. The van der Waals surface area contributed by atoms with Gasteiger partial charge >= 0.3 is 6.18 Å². The lowest BCUT2D eigenvalue weighted by Crippen LogP contribution is -2.29. The topological polar surface area (TPSA) is 34.9 Å². The number of hydrogen-bond donors (Lipinski definition) is 0. The van der Waals surface area contributed by atoms with E-state index < -0.39 is 18.3 Å². The Morgan fingerprint density at radius 2 is 2.15 bits per heavy atom. The van der Waals surface area contributed by atoms with Crippen LogP contribution in [-0.4, -0.2) is 16.0 Å². The van der Waals surface area contributed by atoms with E-state index in [-0.39, 0.29) is 0 Å². The lowest BCUT2D eigenvalue weighted by atomic mass is 10.5. The van der Waals surface area contributed by atoms with Crippen LogP contribution in [0.25, 0.3) is 0 Å². The fourth-order valence-electron chi connectivity index (χ4n) is 0.700. The molecule has 0 atom stereocenters. The molecule has 0 aromatic carbocycles. The van der Waals surface area contributed by atoms with Crippen molar-refractivity contribution in [1.82, 2.24) is 9.78 Å². The van der Waals surface area contributed by atoms with Gasteiger partial charge in [0.2, 0.25) is 0 Å². The Hall–Kier alpha value is -0.850. The summed E-state index contributed by atoms with van der Waals surface area (Å²) in [6, 6.07) is 1.03. The third kappa shape index (κ3) is 3.17. The Balaban J connectivity index is 2.98. The first kappa shape index (κ1) is 10.2. The van der Waals surface area contributed by atoms with Gasteiger partial charge in [0, 0.05) is 10.5 Å². The molecule has 1 rings (SSSR count). The highest BCUT2D eigenvalue weighted by Gasteiger charge is 2.28. The molecule has 0 saturated heterocycles. The molecule has 0 amide bonds. The molecule has 0 aliphatic rings. The molecule has 0 radical (unpaired) electrons. The van der Waals surface area contributed by atoms with Crippen molar-refractivity contribution in [3.8, 4) is 0 Å². The molecular weight excluding hydrogens is 253 g/mol. The van der Waals surface area contributed by atoms with Crippen LogP contribution in [0.3, 0.4) is 0 Å². The molecular formula is C6H4BrF3N2O. The molecule has 72 valence electrons. The minimum Gasteiger partial charge on any atom is -0.268 e. The van der Waals surface area contributed by atoms with E-state index in [4.69, 9.17) is 0 Å². The molecule has 0 unspecified atom stereocenters. The number of nitrogens with zero attached hydrogens (tertiary/aromatic N) is 2. The van der Waals surface area contributed by atoms with Gasteiger partial charge in [0.15, 0.2) is 0 Å². The summed E-state index contributed by atoms with van der Waals surface area (Å²) in [5.74, 6) is 0. The monoisotopic (exact) mass is 256 g/mol. The maximum atomic E-state index is 11.8. The van der Waals surface area contributed by atoms with Crippen molar-refractivity contribution >= 4 is 15.9 Å². The zero-order valence-corrected chi connectivity index (χ0v) is 7.76. The van der Waals surface area contributed by atoms with Crippen LogP contribution >= 0.6 is 15.9 Å². The summed E-state index contributed by atoms with van der Waals surface area (Å²) in [5.41, 5.74) is -0.785. The molecule has 1 heterocycles. The molecule has 0 spiro atoms. The Bertz CT molecular complexity index is 360. The van der Waals surface area contributed by atoms with Gasteiger partial charge in [-0.15, -0.1) is 0 Å². The van der Waals surface area contributed by atoms with E-state index in [2.05, 4.69) is 21.0 Å². The number of rotatable bonds is 1. The predicted octanol–water partition coefficient (Wildman–Crippen LogP) is 1.57. The van der Waals surface area contributed by atoms with Crippen LogP contribution in [0.1, 0.15) is 0 Å². The lowest BCUT2D eigenvalue weighted by molar-refractivity contribution is -0.143. The van der Waals surface area contributed by atoms with E-state index >= 15 is 0 Å². The van der Waals surface area contributed by atoms with E-state index in [1.165, 1.54) is 0 Å². The highest BCUT2D eigenvalue weighted by molar-refractivity contribution is 9.10. The van der Waals surface area contributed by atoms with E-state index in [9.17, 15) is 18.0 Å². The number of aromatic nitrogens is 2. The van der Waals surface area contributed by atoms with Crippen LogP contribution in [0.4, 0.5) is 13.2 Å². The van der Waals surface area contributed by atoms with Gasteiger partial charge in [-0.25, -0.2) is 4.68 Å². The van der Waals surface area contributed by atoms with Crippen molar-refractivity contribution in [2.75, 3.05) is 0 Å². The highest BCUT2D eigenvalue weighted by Crippen LogP contribution is 2.15. The molecule has 0 aliphatic carbocycles. The van der Waals surface area contributed by atoms with Gasteiger partial charge < -0.3 is 0 Å². The van der Waals surface area contributed by atoms with E-state index in [1.54, 1.807) is 0 Å². The van der Waals surface area contributed by atoms with Crippen molar-refractivity contribution in [2.45, 2.75) is 12.7 Å². The molecule has 0 saturated carbocycles. The largest absolute Gasteiger partial charge is 0.408 e. The van der Waals surface area contributed by atoms with Crippen molar-refractivity contribution in [2.24, 2.45) is 0 Å². The third-order valence-corrected chi connectivity index (χ3v) is 1.60. The fraction of sp³-hybridized carbons (Fsp3) is 0.333. The van der Waals surface area contributed by atoms with E-state index in [0.717, 1.165) is 12.3 Å². The Kier molecular flexibility index (Phi) is 2.74. The average molecular weight is 257 g/mol. The van der Waals surface area contributed by atoms with E-state index in [1.807, 2.05) is 0 Å². The number of halogens is 4. The number of hydrogen-bond acceptors (Lipinski definition) is 2. The second kappa shape index (κ2) is 3.49. The minimum atomic E-state index is -4.43. The van der Waals surface area contributed by atoms with Crippen LogP contribution in [0.15, 0.2) is 21.5 Å². The molecule has 0 bridgehead atoms. The van der Waals surface area contributed by atoms with Crippen molar-refractivity contribution < 1.29 is 13.2 Å². The van der Waals surface area contributed by atoms with Gasteiger partial charge in [-0.05, 0) is 15.9 Å². The minimum absolute atomic E-state index is 0.352. The summed E-state index contributed by atoms with van der Waals surface area (Å²) >= 11 is 2.92. The molecule has 1 aromatic heterocycles. The van der Waals surface area contributed by atoms with Crippen LogP contribution in [-0.2, 0) is 6.54 Å². The third-order valence-electron chi connectivity index (χ3n) is 1.17. The quantitative estimate of drug-likeness (QED) is 0.765. The predicted molar refractivity (Wildman–Crippen MR) is 42.3 cm³/mol. The zero-order chi connectivity index (χ0) is 10.1. The van der Waals surface area contributed by atoms with Crippen LogP contribution in [0, 0.1) is 0 Å². The van der Waals surface area contributed by atoms with Gasteiger partial charge in [-0.2, -0.15) is 18.3 Å². The van der Waals surface area contributed by atoms with Gasteiger partial charge in [-0.3, -0.25) is 4.79 Å². The molecule has 0 aliphatic heterocycles. The Morgan fingerprint density at radius 3 is 2.62 bits per heavy atom. The molecule has 7 heteroatoms. The van der Waals surface area contributed by atoms with Gasteiger partial charge in [0.25, 0.3) is 5.56 Å². The van der Waals surface area contributed by atoms with Crippen molar-refractivity contribution in [1.29, 1.82) is 0 Å². The second-order valence-corrected chi connectivity index (χ2v) is 3.20. The zero-order valence-electron chi connectivity index (χ0n) is 6.18. The smallest absolute Gasteiger partial charge is 0.268 e. The first-order valence-corrected chi connectivity index (χ1v) is 3.97. The summed E-state index contributed by atoms with van der Waals surface area (Å²) in [6.07, 6.45) is -3.29. The average Bonchev–Trinajstić information content (AvgIpc) is 1.93. The van der Waals surface area contributed by atoms with Gasteiger partial charge in [0.05, 0.1) is 6.20 Å². The Labute approximate surface area is 79.3 Å². The fourth-order valence-corrected chi connectivity index (χ4v) is 0.987. The van der Waals surface area contributed by atoms with Crippen LogP contribution < -0.4 is 5.56 Å². The normalized spacial score (nSPS) is 11.7. The summed E-state index contributed by atoms with van der Waals surface area (Å²) < 4.78 is 36.1. The summed E-state index contributed by atoms with van der Waals surface area (Å²) in [6.45, 7) is -1.36. The van der Waals surface area contributed by atoms with Crippen LogP contribution in [0.5, 0.6) is 0 Å². The van der Waals surface area contributed by atoms with Gasteiger partial charge in [0.1, 0.15) is 6.54 Å². The second-order valence-electron chi connectivity index (χ2n) is 2.28. The molecule has 1 aromatic rings. The van der Waals surface area contributed by atoms with Gasteiger partial charge in [-0.1, -0.05) is 0 Å². The molecule has 3 nitrogen and oxygen atoms in total. The summed E-state index contributed by atoms with van der Waals surface area (Å²) in [7, 11) is 0. The summed E-state index contributed by atoms with van der Waals surface area (Å²) in [5, 5.41) is 3.30. The SMILES string of the molecule is O=c1cc(Br)cnn1CC(F)(F)F. The maximum Gasteiger partial charge on any atom is 0.408 e. The molecule has 0 N–H and O–H groups in total. The molecule has 0 fully saturated rings. The number of alkyl halides is 3. The van der Waals surface area contributed by atoms with Crippen LogP contribution in [0.2, 0.25) is 0 Å². The highest BCUT2D eigenvalue weighted by atomic mass is 79.9. The van der Waals surface area contributed by atoms with E-state index in [0.29, 0.717) is 9.15 Å². The standard InChI is InChI=1S/C6H4BrF3N2O/c7-4-1-5(13)12(11-2-4)3-6(8,9)10/h1-2H,3H2.